The molecule has 0 radical (unpaired) electrons. The summed E-state index contributed by atoms with van der Waals surface area (Å²) in [7, 11) is -1.32. The smallest absolute Gasteiger partial charge is 0.272 e. The number of amides is 1. The number of benzene rings is 2. The number of carbonyl (C=O) groups excluding carboxylic acids is 1. The van der Waals surface area contributed by atoms with E-state index in [4.69, 9.17) is 48.7 Å². The van der Waals surface area contributed by atoms with Crippen LogP contribution in [-0.4, -0.2) is 50.7 Å². The van der Waals surface area contributed by atoms with Gasteiger partial charge < -0.3 is 19.2 Å². The van der Waals surface area contributed by atoms with Crippen molar-refractivity contribution in [2.45, 2.75) is 41.7 Å². The Balaban J connectivity index is 2.49. The van der Waals surface area contributed by atoms with Crippen LogP contribution in [0.5, 0.6) is 0 Å². The van der Waals surface area contributed by atoms with Gasteiger partial charge in [0.2, 0.25) is 0 Å². The summed E-state index contributed by atoms with van der Waals surface area (Å²) in [6.45, 7) is 10.5. The molecule has 9 heteroatoms. The molecule has 0 saturated carbocycles. The number of ether oxygens (including phenoxy) is 2. The summed E-state index contributed by atoms with van der Waals surface area (Å²) in [5.41, 5.74) is 0. The SMILES string of the molecule is C=C[C@H](NC(=O)C(Cl)(Cl)Cl)[C@@H](CO[Si](c1ccccc1)(c1ccccc1)C(C)(C)C)OCOC. The molecule has 0 aliphatic heterocycles. The maximum atomic E-state index is 12.3. The van der Waals surface area contributed by atoms with Gasteiger partial charge in [0.1, 0.15) is 12.9 Å². The van der Waals surface area contributed by atoms with Crippen molar-refractivity contribution in [2.24, 2.45) is 0 Å². The first kappa shape index (κ1) is 28.9. The third kappa shape index (κ3) is 7.07. The first-order chi connectivity index (χ1) is 16.0. The lowest BCUT2D eigenvalue weighted by molar-refractivity contribution is -0.124. The fourth-order valence-corrected chi connectivity index (χ4v) is 8.65. The van der Waals surface area contributed by atoms with E-state index in [2.05, 4.69) is 56.9 Å². The highest BCUT2D eigenvalue weighted by atomic mass is 35.6. The van der Waals surface area contributed by atoms with Gasteiger partial charge in [0.15, 0.2) is 0 Å². The van der Waals surface area contributed by atoms with Crippen LogP contribution in [0.1, 0.15) is 20.8 Å². The van der Waals surface area contributed by atoms with Gasteiger partial charge in [0.05, 0.1) is 12.6 Å². The molecule has 2 aromatic carbocycles. The molecular weight excluding hydrogens is 513 g/mol. The normalized spacial score (nSPS) is 14.3. The van der Waals surface area contributed by atoms with Crippen LogP contribution in [0.4, 0.5) is 0 Å². The van der Waals surface area contributed by atoms with Gasteiger partial charge in [-0.25, -0.2) is 0 Å². The number of methoxy groups -OCH3 is 1. The van der Waals surface area contributed by atoms with E-state index in [1.807, 2.05) is 36.4 Å². The van der Waals surface area contributed by atoms with E-state index in [-0.39, 0.29) is 18.4 Å². The molecule has 0 unspecified atom stereocenters. The second kappa shape index (κ2) is 12.5. The first-order valence-corrected chi connectivity index (χ1v) is 13.9. The summed E-state index contributed by atoms with van der Waals surface area (Å²) in [5, 5.41) is 4.69. The van der Waals surface area contributed by atoms with E-state index < -0.39 is 30.2 Å². The number of hydrogen-bond acceptors (Lipinski definition) is 4. The molecule has 0 aliphatic carbocycles. The largest absolute Gasteiger partial charge is 0.405 e. The molecule has 0 bridgehead atoms. The number of nitrogens with one attached hydrogen (secondary N) is 1. The maximum Gasteiger partial charge on any atom is 0.272 e. The lowest BCUT2D eigenvalue weighted by Crippen LogP contribution is -2.67. The molecule has 0 spiro atoms. The quantitative estimate of drug-likeness (QED) is 0.195. The molecule has 2 atom stereocenters. The van der Waals surface area contributed by atoms with E-state index in [0.29, 0.717) is 0 Å². The average Bonchev–Trinajstić information content (AvgIpc) is 2.79. The Kier molecular flexibility index (Phi) is 10.6. The summed E-state index contributed by atoms with van der Waals surface area (Å²) in [4.78, 5) is 12.3. The number of halogens is 3. The highest BCUT2D eigenvalue weighted by molar-refractivity contribution is 6.99. The molecule has 0 heterocycles. The number of hydrogen-bond donors (Lipinski definition) is 1. The molecule has 0 saturated heterocycles. The van der Waals surface area contributed by atoms with Crippen molar-refractivity contribution in [1.82, 2.24) is 5.32 Å². The van der Waals surface area contributed by atoms with Gasteiger partial charge >= 0.3 is 0 Å². The van der Waals surface area contributed by atoms with Crippen molar-refractivity contribution in [1.29, 1.82) is 0 Å². The first-order valence-electron chi connectivity index (χ1n) is 10.8. The number of carbonyl (C=O) groups is 1. The Labute approximate surface area is 218 Å². The highest BCUT2D eigenvalue weighted by Gasteiger charge is 2.50. The lowest BCUT2D eigenvalue weighted by atomic mass is 10.1. The molecule has 0 fully saturated rings. The highest BCUT2D eigenvalue weighted by Crippen LogP contribution is 2.37. The van der Waals surface area contributed by atoms with Crippen molar-refractivity contribution >= 4 is 59.4 Å². The minimum Gasteiger partial charge on any atom is -0.405 e. The van der Waals surface area contributed by atoms with Crippen LogP contribution in [0.25, 0.3) is 0 Å². The summed E-state index contributed by atoms with van der Waals surface area (Å²) in [6, 6.07) is 19.8. The van der Waals surface area contributed by atoms with Crippen LogP contribution < -0.4 is 15.7 Å². The van der Waals surface area contributed by atoms with Gasteiger partial charge in [-0.15, -0.1) is 6.58 Å². The number of rotatable bonds is 11. The predicted octanol–water partition coefficient (Wildman–Crippen LogP) is 4.59. The lowest BCUT2D eigenvalue weighted by Gasteiger charge is -2.44. The van der Waals surface area contributed by atoms with E-state index in [0.717, 1.165) is 10.4 Å². The zero-order valence-corrected chi connectivity index (χ0v) is 23.2. The molecule has 2 rings (SSSR count). The minimum absolute atomic E-state index is 0.0112. The van der Waals surface area contributed by atoms with Crippen LogP contribution in [-0.2, 0) is 18.7 Å². The van der Waals surface area contributed by atoms with Crippen molar-refractivity contribution in [2.75, 3.05) is 20.5 Å². The monoisotopic (exact) mass is 543 g/mol. The average molecular weight is 545 g/mol. The van der Waals surface area contributed by atoms with Gasteiger partial charge in [-0.05, 0) is 15.4 Å². The van der Waals surface area contributed by atoms with Gasteiger partial charge in [0.25, 0.3) is 18.0 Å². The molecule has 1 N–H and O–H groups in total. The van der Waals surface area contributed by atoms with Crippen molar-refractivity contribution in [3.63, 3.8) is 0 Å². The van der Waals surface area contributed by atoms with E-state index >= 15 is 0 Å². The summed E-state index contributed by atoms with van der Waals surface area (Å²) in [5.74, 6) is -0.779. The van der Waals surface area contributed by atoms with Crippen LogP contribution >= 0.6 is 34.8 Å². The van der Waals surface area contributed by atoms with Crippen molar-refractivity contribution in [3.8, 4) is 0 Å². The second-order valence-corrected chi connectivity index (χ2v) is 15.4. The van der Waals surface area contributed by atoms with Crippen LogP contribution in [0.2, 0.25) is 5.04 Å². The Hall–Kier alpha value is -1.38. The summed E-state index contributed by atoms with van der Waals surface area (Å²) < 4.78 is 15.8. The van der Waals surface area contributed by atoms with E-state index in [1.54, 1.807) is 0 Å². The zero-order valence-electron chi connectivity index (χ0n) is 19.9. The molecule has 0 aliphatic rings. The van der Waals surface area contributed by atoms with E-state index in [9.17, 15) is 4.79 Å². The molecule has 1 amide bonds. The molecule has 34 heavy (non-hydrogen) atoms. The predicted molar refractivity (Wildman–Crippen MR) is 143 cm³/mol. The van der Waals surface area contributed by atoms with E-state index in [1.165, 1.54) is 13.2 Å². The number of alkyl halides is 3. The molecule has 186 valence electrons. The third-order valence-corrected chi connectivity index (χ3v) is 11.0. The van der Waals surface area contributed by atoms with Crippen LogP contribution in [0, 0.1) is 0 Å². The molecule has 5 nitrogen and oxygen atoms in total. The molecule has 0 aromatic heterocycles. The Morgan fingerprint density at radius 1 is 1.03 bits per heavy atom. The maximum absolute atomic E-state index is 12.3. The Morgan fingerprint density at radius 2 is 1.53 bits per heavy atom. The molecule has 2 aromatic rings. The standard InChI is InChI=1S/C25H32Cl3NO4Si/c1-6-21(29-23(30)25(26,27)28)22(32-18-31-5)17-33-34(24(2,3)4,19-13-9-7-10-14-19)20-15-11-8-12-16-20/h6-16,21-22H,1,17-18H2,2-5H3,(H,29,30)/t21-,22+/m0/s1. The Morgan fingerprint density at radius 3 is 1.91 bits per heavy atom. The van der Waals surface area contributed by atoms with Gasteiger partial charge in [-0.3, -0.25) is 4.79 Å². The topological polar surface area (TPSA) is 56.8 Å². The van der Waals surface area contributed by atoms with Gasteiger partial charge in [-0.1, -0.05) is 122 Å². The fourth-order valence-electron chi connectivity index (χ4n) is 3.92. The summed E-state index contributed by atoms with van der Waals surface area (Å²) in [6.07, 6.45) is 0.888. The van der Waals surface area contributed by atoms with Crippen LogP contribution in [0.3, 0.4) is 0 Å². The summed E-state index contributed by atoms with van der Waals surface area (Å²) >= 11 is 17.3. The zero-order chi connectivity index (χ0) is 25.4. The van der Waals surface area contributed by atoms with Crippen LogP contribution in [0.15, 0.2) is 73.3 Å². The molecular formula is C25H32Cl3NO4Si. The minimum atomic E-state index is -2.83. The Bertz CT molecular complexity index is 878. The second-order valence-electron chi connectivity index (χ2n) is 8.82. The third-order valence-electron chi connectivity index (χ3n) is 5.49. The van der Waals surface area contributed by atoms with Crippen molar-refractivity contribution in [3.05, 3.63) is 73.3 Å². The van der Waals surface area contributed by atoms with Gasteiger partial charge in [-0.2, -0.15) is 0 Å². The fraction of sp³-hybridized carbons (Fsp3) is 0.400. The van der Waals surface area contributed by atoms with Gasteiger partial charge in [0, 0.05) is 7.11 Å². The van der Waals surface area contributed by atoms with Crippen molar-refractivity contribution < 1.29 is 18.7 Å².